The van der Waals surface area contributed by atoms with Crippen molar-refractivity contribution < 1.29 is 4.79 Å². The van der Waals surface area contributed by atoms with Gasteiger partial charge in [-0.15, -0.1) is 0 Å². The first-order chi connectivity index (χ1) is 12.2. The number of hydrogen-bond acceptors (Lipinski definition) is 3. The molecule has 1 amide bonds. The summed E-state index contributed by atoms with van der Waals surface area (Å²) >= 11 is 4.12. The van der Waals surface area contributed by atoms with Crippen LogP contribution in [-0.2, 0) is 4.79 Å². The molecule has 0 radical (unpaired) electrons. The smallest absolute Gasteiger partial charge is 0.235 e. The van der Waals surface area contributed by atoms with Gasteiger partial charge in [-0.05, 0) is 38.6 Å². The molecule has 3 nitrogen and oxygen atoms in total. The third-order valence-electron chi connectivity index (χ3n) is 4.61. The maximum Gasteiger partial charge on any atom is 0.235 e. The first kappa shape index (κ1) is 24.5. The Labute approximate surface area is 162 Å². The SMILES string of the molecule is CCCCCCCC/C=C\CCCCCCCCNC(CS)C(N)=O. The lowest BCUT2D eigenvalue weighted by atomic mass is 10.1. The van der Waals surface area contributed by atoms with Gasteiger partial charge >= 0.3 is 0 Å². The normalized spacial score (nSPS) is 12.7. The van der Waals surface area contributed by atoms with Crippen LogP contribution in [0.4, 0.5) is 0 Å². The molecule has 148 valence electrons. The highest BCUT2D eigenvalue weighted by molar-refractivity contribution is 7.80. The summed E-state index contributed by atoms with van der Waals surface area (Å²) in [5, 5.41) is 3.16. The zero-order chi connectivity index (χ0) is 18.6. The fraction of sp³-hybridized carbons (Fsp3) is 0.857. The molecule has 4 heteroatoms. The average molecular weight is 371 g/mol. The molecular weight excluding hydrogens is 328 g/mol. The van der Waals surface area contributed by atoms with Crippen molar-refractivity contribution in [1.29, 1.82) is 0 Å². The molecule has 0 saturated carbocycles. The van der Waals surface area contributed by atoms with Crippen LogP contribution in [0.15, 0.2) is 12.2 Å². The van der Waals surface area contributed by atoms with Gasteiger partial charge in [0, 0.05) is 5.75 Å². The van der Waals surface area contributed by atoms with E-state index in [0.29, 0.717) is 5.75 Å². The van der Waals surface area contributed by atoms with Crippen LogP contribution in [0, 0.1) is 0 Å². The Morgan fingerprint density at radius 2 is 1.36 bits per heavy atom. The number of nitrogens with one attached hydrogen (secondary N) is 1. The second-order valence-corrected chi connectivity index (χ2v) is 7.39. The number of allylic oxidation sites excluding steroid dienone is 2. The highest BCUT2D eigenvalue weighted by atomic mass is 32.1. The van der Waals surface area contributed by atoms with Crippen LogP contribution in [0.25, 0.3) is 0 Å². The molecule has 1 atom stereocenters. The Bertz CT molecular complexity index is 321. The maximum absolute atomic E-state index is 11.0. The lowest BCUT2D eigenvalue weighted by Crippen LogP contribution is -2.43. The van der Waals surface area contributed by atoms with Crippen LogP contribution in [-0.4, -0.2) is 24.2 Å². The summed E-state index contributed by atoms with van der Waals surface area (Å²) in [5.41, 5.74) is 5.26. The minimum Gasteiger partial charge on any atom is -0.368 e. The Morgan fingerprint density at radius 1 is 0.880 bits per heavy atom. The van der Waals surface area contributed by atoms with E-state index in [1.807, 2.05) is 0 Å². The quantitative estimate of drug-likeness (QED) is 0.162. The maximum atomic E-state index is 11.0. The van der Waals surface area contributed by atoms with E-state index >= 15 is 0 Å². The van der Waals surface area contributed by atoms with E-state index in [2.05, 4.69) is 37.0 Å². The molecule has 0 aliphatic carbocycles. The van der Waals surface area contributed by atoms with Crippen LogP contribution in [0.2, 0.25) is 0 Å². The number of carbonyl (C=O) groups excluding carboxylic acids is 1. The first-order valence-corrected chi connectivity index (χ1v) is 11.1. The number of unbranched alkanes of at least 4 members (excludes halogenated alkanes) is 12. The number of hydrogen-bond donors (Lipinski definition) is 3. The molecule has 0 heterocycles. The predicted molar refractivity (Wildman–Crippen MR) is 114 cm³/mol. The third-order valence-corrected chi connectivity index (χ3v) is 4.97. The van der Waals surface area contributed by atoms with E-state index in [0.717, 1.165) is 13.0 Å². The van der Waals surface area contributed by atoms with Gasteiger partial charge in [0.25, 0.3) is 0 Å². The van der Waals surface area contributed by atoms with E-state index in [4.69, 9.17) is 5.73 Å². The molecule has 0 rings (SSSR count). The standard InChI is InChI=1S/C21H42N2OS/c1-2-3-4-5-6-7-8-9-10-11-12-13-14-15-16-17-18-23-20(19-25)21(22)24/h9-10,20,23,25H,2-8,11-19H2,1H3,(H2,22,24)/b10-9-. The van der Waals surface area contributed by atoms with Gasteiger partial charge < -0.3 is 11.1 Å². The molecule has 0 bridgehead atoms. The van der Waals surface area contributed by atoms with Crippen molar-refractivity contribution in [3.8, 4) is 0 Å². The van der Waals surface area contributed by atoms with E-state index in [-0.39, 0.29) is 11.9 Å². The van der Waals surface area contributed by atoms with E-state index in [1.165, 1.54) is 83.5 Å². The molecule has 0 aromatic heterocycles. The van der Waals surface area contributed by atoms with Crippen LogP contribution in [0.5, 0.6) is 0 Å². The molecule has 0 aromatic rings. The number of amides is 1. The van der Waals surface area contributed by atoms with Gasteiger partial charge in [-0.1, -0.05) is 76.9 Å². The summed E-state index contributed by atoms with van der Waals surface area (Å²) in [6, 6.07) is -0.286. The fourth-order valence-corrected chi connectivity index (χ4v) is 3.21. The molecular formula is C21H42N2OS. The molecule has 0 saturated heterocycles. The Kier molecular flexibility index (Phi) is 19.5. The van der Waals surface area contributed by atoms with Gasteiger partial charge in [0.2, 0.25) is 5.91 Å². The second kappa shape index (κ2) is 19.8. The van der Waals surface area contributed by atoms with Crippen molar-refractivity contribution in [1.82, 2.24) is 5.32 Å². The van der Waals surface area contributed by atoms with Crippen molar-refractivity contribution >= 4 is 18.5 Å². The van der Waals surface area contributed by atoms with Gasteiger partial charge in [0.1, 0.15) is 0 Å². The lowest BCUT2D eigenvalue weighted by Gasteiger charge is -2.12. The summed E-state index contributed by atoms with van der Waals surface area (Å²) < 4.78 is 0. The van der Waals surface area contributed by atoms with Crippen LogP contribution in [0.3, 0.4) is 0 Å². The zero-order valence-electron chi connectivity index (χ0n) is 16.5. The van der Waals surface area contributed by atoms with Crippen molar-refractivity contribution in [3.05, 3.63) is 12.2 Å². The number of rotatable bonds is 19. The largest absolute Gasteiger partial charge is 0.368 e. The second-order valence-electron chi connectivity index (χ2n) is 7.03. The minimum absolute atomic E-state index is 0.286. The Balaban J connectivity index is 3.20. The number of thiol groups is 1. The lowest BCUT2D eigenvalue weighted by molar-refractivity contribution is -0.119. The van der Waals surface area contributed by atoms with E-state index in [9.17, 15) is 4.79 Å². The van der Waals surface area contributed by atoms with Gasteiger partial charge in [-0.25, -0.2) is 0 Å². The highest BCUT2D eigenvalue weighted by Gasteiger charge is 2.10. The Morgan fingerprint density at radius 3 is 1.84 bits per heavy atom. The molecule has 25 heavy (non-hydrogen) atoms. The monoisotopic (exact) mass is 370 g/mol. The summed E-state index contributed by atoms with van der Waals surface area (Å²) in [7, 11) is 0. The molecule has 3 N–H and O–H groups in total. The highest BCUT2D eigenvalue weighted by Crippen LogP contribution is 2.09. The number of primary amides is 1. The summed E-state index contributed by atoms with van der Waals surface area (Å²) in [4.78, 5) is 11.0. The summed E-state index contributed by atoms with van der Waals surface area (Å²) in [6.45, 7) is 3.13. The van der Waals surface area contributed by atoms with E-state index < -0.39 is 0 Å². The molecule has 0 aliphatic rings. The van der Waals surface area contributed by atoms with E-state index in [1.54, 1.807) is 0 Å². The Hall–Kier alpha value is -0.480. The van der Waals surface area contributed by atoms with Gasteiger partial charge in [0.15, 0.2) is 0 Å². The van der Waals surface area contributed by atoms with Crippen molar-refractivity contribution in [3.63, 3.8) is 0 Å². The van der Waals surface area contributed by atoms with Crippen LogP contribution in [0.1, 0.15) is 96.8 Å². The number of carbonyl (C=O) groups is 1. The minimum atomic E-state index is -0.306. The van der Waals surface area contributed by atoms with Gasteiger partial charge in [-0.2, -0.15) is 12.6 Å². The molecule has 0 aliphatic heterocycles. The molecule has 1 unspecified atom stereocenters. The molecule has 0 aromatic carbocycles. The van der Waals surface area contributed by atoms with Gasteiger partial charge in [-0.3, -0.25) is 4.79 Å². The zero-order valence-corrected chi connectivity index (χ0v) is 17.4. The van der Waals surface area contributed by atoms with Crippen molar-refractivity contribution in [2.75, 3.05) is 12.3 Å². The average Bonchev–Trinajstić information content (AvgIpc) is 2.60. The molecule has 0 fully saturated rings. The third kappa shape index (κ3) is 18.1. The molecule has 0 spiro atoms. The van der Waals surface area contributed by atoms with Crippen LogP contribution >= 0.6 is 12.6 Å². The first-order valence-electron chi connectivity index (χ1n) is 10.5. The fourth-order valence-electron chi connectivity index (χ4n) is 2.90. The van der Waals surface area contributed by atoms with Crippen molar-refractivity contribution in [2.45, 2.75) is 103 Å². The van der Waals surface area contributed by atoms with Crippen molar-refractivity contribution in [2.24, 2.45) is 5.73 Å². The number of nitrogens with two attached hydrogens (primary N) is 1. The summed E-state index contributed by atoms with van der Waals surface area (Å²) in [5.74, 6) is 0.168. The van der Waals surface area contributed by atoms with Gasteiger partial charge in [0.05, 0.1) is 6.04 Å². The predicted octanol–water partition coefficient (Wildman–Crippen LogP) is 5.40. The van der Waals surface area contributed by atoms with Crippen LogP contribution < -0.4 is 11.1 Å². The summed E-state index contributed by atoms with van der Waals surface area (Å²) in [6.07, 6.45) is 23.1. The topological polar surface area (TPSA) is 55.1 Å².